The number of rotatable bonds is 1. The van der Waals surface area contributed by atoms with E-state index in [0.717, 1.165) is 15.6 Å². The third-order valence-electron chi connectivity index (χ3n) is 2.04. The standard InChI is InChI=1S/C12H6BrCl2/c13-9-5-2-1-4-8(9)12-10(14)6-3-7-11(12)15/h1-4,6-7H. The average Bonchev–Trinajstić information content (AvgIpc) is 2.20. The van der Waals surface area contributed by atoms with Crippen LogP contribution in [0, 0.1) is 6.07 Å². The summed E-state index contributed by atoms with van der Waals surface area (Å²) in [5, 5.41) is 1.28. The van der Waals surface area contributed by atoms with Crippen LogP contribution in [0.2, 0.25) is 10.0 Å². The van der Waals surface area contributed by atoms with Gasteiger partial charge in [-0.2, -0.15) is 0 Å². The first-order valence-electron chi connectivity index (χ1n) is 4.30. The summed E-state index contributed by atoms with van der Waals surface area (Å²) in [4.78, 5) is 0. The largest absolute Gasteiger partial charge is 0.0836 e. The summed E-state index contributed by atoms with van der Waals surface area (Å²) in [5.41, 5.74) is 1.79. The zero-order chi connectivity index (χ0) is 10.8. The molecule has 0 nitrogen and oxygen atoms in total. The summed E-state index contributed by atoms with van der Waals surface area (Å²) in [6, 6.07) is 14.2. The van der Waals surface area contributed by atoms with Crippen LogP contribution < -0.4 is 0 Å². The Labute approximate surface area is 107 Å². The van der Waals surface area contributed by atoms with E-state index in [1.165, 1.54) is 0 Å². The van der Waals surface area contributed by atoms with Crippen LogP contribution in [0.3, 0.4) is 0 Å². The molecule has 0 aliphatic heterocycles. The Morgan fingerprint density at radius 1 is 1.00 bits per heavy atom. The van der Waals surface area contributed by atoms with E-state index in [2.05, 4.69) is 22.0 Å². The summed E-state index contributed by atoms with van der Waals surface area (Å²) in [6.45, 7) is 0. The van der Waals surface area contributed by atoms with Crippen molar-refractivity contribution in [2.24, 2.45) is 0 Å². The van der Waals surface area contributed by atoms with Gasteiger partial charge in [0.1, 0.15) is 0 Å². The molecule has 0 N–H and O–H groups in total. The second-order valence-corrected chi connectivity index (χ2v) is 4.60. The van der Waals surface area contributed by atoms with Crippen molar-refractivity contribution in [1.82, 2.24) is 0 Å². The molecular formula is C12H6BrCl2. The molecule has 0 aliphatic rings. The molecule has 1 radical (unpaired) electrons. The van der Waals surface area contributed by atoms with E-state index in [1.807, 2.05) is 36.4 Å². The highest BCUT2D eigenvalue weighted by Gasteiger charge is 2.10. The van der Waals surface area contributed by atoms with Crippen LogP contribution in [0.25, 0.3) is 11.1 Å². The van der Waals surface area contributed by atoms with Gasteiger partial charge >= 0.3 is 0 Å². The van der Waals surface area contributed by atoms with Crippen molar-refractivity contribution in [3.8, 4) is 11.1 Å². The fraction of sp³-hybridized carbons (Fsp3) is 0. The minimum absolute atomic E-state index is 0.641. The molecule has 2 aromatic carbocycles. The van der Waals surface area contributed by atoms with Gasteiger partial charge in [-0.15, -0.1) is 0 Å². The number of halogens is 3. The van der Waals surface area contributed by atoms with E-state index in [-0.39, 0.29) is 0 Å². The molecule has 0 heterocycles. The van der Waals surface area contributed by atoms with Crippen molar-refractivity contribution >= 4 is 39.1 Å². The zero-order valence-corrected chi connectivity index (χ0v) is 10.7. The Balaban J connectivity index is 2.69. The number of hydrogen-bond donors (Lipinski definition) is 0. The molecule has 0 amide bonds. The predicted molar refractivity (Wildman–Crippen MR) is 68.4 cm³/mol. The van der Waals surface area contributed by atoms with Gasteiger partial charge in [-0.1, -0.05) is 47.5 Å². The van der Waals surface area contributed by atoms with Crippen molar-refractivity contribution < 1.29 is 0 Å². The van der Waals surface area contributed by atoms with Gasteiger partial charge in [0.15, 0.2) is 0 Å². The van der Waals surface area contributed by atoms with Crippen LogP contribution in [-0.2, 0) is 0 Å². The number of hydrogen-bond acceptors (Lipinski definition) is 0. The van der Waals surface area contributed by atoms with Crippen molar-refractivity contribution in [1.29, 1.82) is 0 Å². The molecule has 0 fully saturated rings. The molecule has 0 bridgehead atoms. The van der Waals surface area contributed by atoms with Crippen LogP contribution in [0.4, 0.5) is 0 Å². The van der Waals surface area contributed by atoms with Gasteiger partial charge in [0.2, 0.25) is 0 Å². The summed E-state index contributed by atoms with van der Waals surface area (Å²) < 4.78 is 0.861. The molecule has 0 aromatic heterocycles. The predicted octanol–water partition coefficient (Wildman–Crippen LogP) is 5.22. The maximum Gasteiger partial charge on any atom is 0.0499 e. The molecule has 75 valence electrons. The maximum absolute atomic E-state index is 6.12. The molecule has 3 heteroatoms. The van der Waals surface area contributed by atoms with Crippen molar-refractivity contribution in [3.05, 3.63) is 57.0 Å². The lowest BCUT2D eigenvalue weighted by Gasteiger charge is -2.08. The fourth-order valence-electron chi connectivity index (χ4n) is 1.36. The Kier molecular flexibility index (Phi) is 3.35. The van der Waals surface area contributed by atoms with Crippen LogP contribution in [-0.4, -0.2) is 0 Å². The van der Waals surface area contributed by atoms with E-state index < -0.39 is 0 Å². The molecule has 15 heavy (non-hydrogen) atoms. The summed E-state index contributed by atoms with van der Waals surface area (Å²) in [5.74, 6) is 0. The van der Waals surface area contributed by atoms with Crippen LogP contribution in [0.1, 0.15) is 0 Å². The van der Waals surface area contributed by atoms with Crippen molar-refractivity contribution in [2.75, 3.05) is 0 Å². The first-order chi connectivity index (χ1) is 7.20. The molecular weight excluding hydrogens is 295 g/mol. The third-order valence-corrected chi connectivity index (χ3v) is 3.32. The summed E-state index contributed by atoms with van der Waals surface area (Å²) in [7, 11) is 0. The molecule has 2 rings (SSSR count). The molecule has 0 aliphatic carbocycles. The Bertz CT molecular complexity index is 474. The van der Waals surface area contributed by atoms with Gasteiger partial charge in [-0.25, -0.2) is 0 Å². The third kappa shape index (κ3) is 2.20. The molecule has 0 saturated carbocycles. The second-order valence-electron chi connectivity index (χ2n) is 2.99. The first-order valence-corrected chi connectivity index (χ1v) is 5.85. The lowest BCUT2D eigenvalue weighted by Crippen LogP contribution is -1.82. The first kappa shape index (κ1) is 11.0. The molecule has 0 saturated heterocycles. The Hall–Kier alpha value is -0.500. The van der Waals surface area contributed by atoms with Gasteiger partial charge in [-0.3, -0.25) is 0 Å². The smallest absolute Gasteiger partial charge is 0.0499 e. The average molecular weight is 301 g/mol. The van der Waals surface area contributed by atoms with E-state index >= 15 is 0 Å². The van der Waals surface area contributed by atoms with E-state index in [0.29, 0.717) is 10.0 Å². The van der Waals surface area contributed by atoms with Gasteiger partial charge in [0.25, 0.3) is 0 Å². The minimum atomic E-state index is 0.641. The van der Waals surface area contributed by atoms with E-state index in [1.54, 1.807) is 0 Å². The highest BCUT2D eigenvalue weighted by molar-refractivity contribution is 9.10. The molecule has 0 spiro atoms. The quantitative estimate of drug-likeness (QED) is 0.677. The maximum atomic E-state index is 6.12. The number of benzene rings is 2. The lowest BCUT2D eigenvalue weighted by molar-refractivity contribution is 1.57. The normalized spacial score (nSPS) is 10.3. The SMILES string of the molecule is Clc1cccc(Cl)c1-c1ccc[c]c1Br. The topological polar surface area (TPSA) is 0 Å². The lowest BCUT2D eigenvalue weighted by atomic mass is 10.1. The van der Waals surface area contributed by atoms with Gasteiger partial charge in [0.05, 0.1) is 0 Å². The summed E-state index contributed by atoms with van der Waals surface area (Å²) >= 11 is 15.7. The van der Waals surface area contributed by atoms with Crippen LogP contribution in [0.15, 0.2) is 40.9 Å². The van der Waals surface area contributed by atoms with Crippen molar-refractivity contribution in [2.45, 2.75) is 0 Å². The molecule has 0 atom stereocenters. The van der Waals surface area contributed by atoms with Crippen molar-refractivity contribution in [3.63, 3.8) is 0 Å². The van der Waals surface area contributed by atoms with Crippen LogP contribution >= 0.6 is 39.1 Å². The van der Waals surface area contributed by atoms with Gasteiger partial charge < -0.3 is 0 Å². The molecule has 2 aromatic rings. The Morgan fingerprint density at radius 2 is 1.67 bits per heavy atom. The highest BCUT2D eigenvalue weighted by Crippen LogP contribution is 2.37. The van der Waals surface area contributed by atoms with E-state index in [9.17, 15) is 0 Å². The monoisotopic (exact) mass is 299 g/mol. The van der Waals surface area contributed by atoms with Gasteiger partial charge in [0, 0.05) is 20.1 Å². The highest BCUT2D eigenvalue weighted by atomic mass is 79.9. The second kappa shape index (κ2) is 4.56. The fourth-order valence-corrected chi connectivity index (χ4v) is 2.43. The van der Waals surface area contributed by atoms with E-state index in [4.69, 9.17) is 23.2 Å². The van der Waals surface area contributed by atoms with Gasteiger partial charge in [-0.05, 0) is 39.7 Å². The zero-order valence-electron chi connectivity index (χ0n) is 7.60. The Morgan fingerprint density at radius 3 is 2.27 bits per heavy atom. The van der Waals surface area contributed by atoms with Crippen LogP contribution in [0.5, 0.6) is 0 Å². The minimum Gasteiger partial charge on any atom is -0.0836 e. The molecule has 0 unspecified atom stereocenters. The summed E-state index contributed by atoms with van der Waals surface area (Å²) in [6.07, 6.45) is 0.